The molecule has 0 bridgehead atoms. The van der Waals surface area contributed by atoms with Gasteiger partial charge in [0, 0.05) is 18.3 Å². The number of rotatable bonds is 11. The van der Waals surface area contributed by atoms with Crippen molar-refractivity contribution in [1.82, 2.24) is 0 Å². The number of unbranched alkanes of at least 4 members (excludes halogenated alkanes) is 2. The first-order valence-electron chi connectivity index (χ1n) is 7.65. The minimum Gasteiger partial charge on any atom is -0.490 e. The highest BCUT2D eigenvalue weighted by atomic mass is 80.0. The van der Waals surface area contributed by atoms with E-state index in [1.165, 1.54) is 6.08 Å². The summed E-state index contributed by atoms with van der Waals surface area (Å²) in [6.45, 7) is 1.03. The summed E-state index contributed by atoms with van der Waals surface area (Å²) >= 11 is 33.4. The molecule has 152 valence electrons. The molecule has 4 nitrogen and oxygen atoms in total. The van der Waals surface area contributed by atoms with Crippen molar-refractivity contribution in [3.05, 3.63) is 32.7 Å². The number of hydrogen-bond donors (Lipinski definition) is 0. The average molecular weight is 652 g/mol. The Balaban J connectivity index is 2.32. The van der Waals surface area contributed by atoms with Crippen LogP contribution in [0.15, 0.2) is 27.9 Å². The van der Waals surface area contributed by atoms with Crippen molar-refractivity contribution in [3.8, 4) is 11.5 Å². The molecule has 1 aromatic carbocycles. The summed E-state index contributed by atoms with van der Waals surface area (Å²) in [4.78, 5) is 5.09. The Morgan fingerprint density at radius 3 is 2.33 bits per heavy atom. The number of alkyl halides is 3. The van der Waals surface area contributed by atoms with Crippen LogP contribution < -0.4 is 9.47 Å². The Labute approximate surface area is 203 Å². The lowest BCUT2D eigenvalue weighted by atomic mass is 10.2. The van der Waals surface area contributed by atoms with E-state index in [9.17, 15) is 0 Å². The number of benzene rings is 1. The second kappa shape index (κ2) is 13.8. The Morgan fingerprint density at radius 1 is 1.07 bits per heavy atom. The van der Waals surface area contributed by atoms with Crippen LogP contribution in [0.4, 0.5) is 0 Å². The van der Waals surface area contributed by atoms with Gasteiger partial charge in [-0.2, -0.15) is 0 Å². The summed E-state index contributed by atoms with van der Waals surface area (Å²) in [5.41, 5.74) is 0. The van der Waals surface area contributed by atoms with Gasteiger partial charge < -0.3 is 14.3 Å². The molecule has 1 aromatic rings. The highest BCUT2D eigenvalue weighted by Gasteiger charge is 2.18. The first-order valence-corrected chi connectivity index (χ1v) is 11.5. The third-order valence-electron chi connectivity index (χ3n) is 2.81. The largest absolute Gasteiger partial charge is 0.490 e. The number of halogens is 7. The molecule has 0 unspecified atom stereocenters. The first kappa shape index (κ1) is 25.7. The van der Waals surface area contributed by atoms with Crippen molar-refractivity contribution in [3.63, 3.8) is 0 Å². The fourth-order valence-electron chi connectivity index (χ4n) is 1.69. The standard InChI is InChI=1S/C16H16Br3Cl4NO3/c17-16(18,19)10-27-24-5-2-1-3-6-26-15-12(20)8-11(9-13(15)21)25-7-4-14(22)23/h4-5,8-9H,1-3,6-7,10H2/b24-5+. The molecule has 0 spiro atoms. The lowest BCUT2D eigenvalue weighted by Crippen LogP contribution is -2.07. The van der Waals surface area contributed by atoms with Crippen molar-refractivity contribution in [2.45, 2.75) is 21.4 Å². The van der Waals surface area contributed by atoms with Crippen LogP contribution in [-0.2, 0) is 4.84 Å². The Kier molecular flexibility index (Phi) is 13.1. The van der Waals surface area contributed by atoms with E-state index in [1.807, 2.05) is 0 Å². The smallest absolute Gasteiger partial charge is 0.171 e. The Bertz CT molecular complexity index is 627. The second-order valence-electron chi connectivity index (χ2n) is 5.04. The summed E-state index contributed by atoms with van der Waals surface area (Å²) < 4.78 is 10.8. The zero-order chi connectivity index (χ0) is 20.3. The molecule has 0 fully saturated rings. The topological polar surface area (TPSA) is 40.0 Å². The SMILES string of the molecule is ClC(Cl)=CCOc1cc(Cl)c(OCCCC/C=N/OCC(Br)(Br)Br)c(Cl)c1. The second-order valence-corrected chi connectivity index (χ2v) is 14.1. The van der Waals surface area contributed by atoms with E-state index in [0.29, 0.717) is 34.8 Å². The summed E-state index contributed by atoms with van der Waals surface area (Å²) in [7, 11) is 0. The van der Waals surface area contributed by atoms with E-state index < -0.39 is 2.14 Å². The number of ether oxygens (including phenoxy) is 2. The van der Waals surface area contributed by atoms with Crippen LogP contribution >= 0.6 is 94.2 Å². The van der Waals surface area contributed by atoms with Crippen LogP contribution in [0.25, 0.3) is 0 Å². The maximum absolute atomic E-state index is 6.20. The number of nitrogens with zero attached hydrogens (tertiary/aromatic N) is 1. The third-order valence-corrected chi connectivity index (χ3v) is 4.37. The maximum Gasteiger partial charge on any atom is 0.171 e. The zero-order valence-corrected chi connectivity index (χ0v) is 21.7. The molecular weight excluding hydrogens is 636 g/mol. The zero-order valence-electron chi connectivity index (χ0n) is 13.9. The molecule has 0 aliphatic carbocycles. The fraction of sp³-hybridized carbons (Fsp3) is 0.438. The molecule has 0 atom stereocenters. The average Bonchev–Trinajstić information content (AvgIpc) is 2.54. The van der Waals surface area contributed by atoms with Crippen molar-refractivity contribution >= 4 is 100 Å². The van der Waals surface area contributed by atoms with Gasteiger partial charge in [0.15, 0.2) is 14.5 Å². The lowest BCUT2D eigenvalue weighted by molar-refractivity contribution is 0.156. The van der Waals surface area contributed by atoms with E-state index in [4.69, 9.17) is 60.7 Å². The summed E-state index contributed by atoms with van der Waals surface area (Å²) in [6.07, 6.45) is 5.70. The molecule has 0 heterocycles. The highest BCUT2D eigenvalue weighted by Crippen LogP contribution is 2.37. The van der Waals surface area contributed by atoms with Gasteiger partial charge in [-0.25, -0.2) is 0 Å². The molecule has 0 N–H and O–H groups in total. The maximum atomic E-state index is 6.20. The predicted molar refractivity (Wildman–Crippen MR) is 125 cm³/mol. The molecular formula is C16H16Br3Cl4NO3. The van der Waals surface area contributed by atoms with Gasteiger partial charge in [-0.3, -0.25) is 0 Å². The number of oxime groups is 1. The van der Waals surface area contributed by atoms with Crippen LogP contribution in [0.3, 0.4) is 0 Å². The van der Waals surface area contributed by atoms with Gasteiger partial charge in [0.1, 0.15) is 16.8 Å². The molecule has 11 heteroatoms. The summed E-state index contributed by atoms with van der Waals surface area (Å²) in [6, 6.07) is 3.25. The van der Waals surface area contributed by atoms with Crippen molar-refractivity contribution < 1.29 is 14.3 Å². The van der Waals surface area contributed by atoms with Crippen molar-refractivity contribution in [2.75, 3.05) is 19.8 Å². The molecule has 1 rings (SSSR count). The number of hydrogen-bond acceptors (Lipinski definition) is 4. The van der Waals surface area contributed by atoms with Crippen LogP contribution in [0, 0.1) is 0 Å². The van der Waals surface area contributed by atoms with E-state index in [-0.39, 0.29) is 11.1 Å². The fourth-order valence-corrected chi connectivity index (χ4v) is 2.70. The Morgan fingerprint density at radius 2 is 1.74 bits per heavy atom. The quantitative estimate of drug-likeness (QED) is 0.105. The molecule has 0 aliphatic heterocycles. The molecule has 0 aromatic heterocycles. The van der Waals surface area contributed by atoms with Crippen molar-refractivity contribution in [2.24, 2.45) is 5.16 Å². The van der Waals surface area contributed by atoms with Crippen LogP contribution in [0.5, 0.6) is 11.5 Å². The third kappa shape index (κ3) is 12.7. The molecule has 0 aliphatic rings. The molecule has 0 radical (unpaired) electrons. The molecule has 0 saturated carbocycles. The minimum atomic E-state index is -0.453. The van der Waals surface area contributed by atoms with E-state index in [2.05, 4.69) is 52.9 Å². The monoisotopic (exact) mass is 647 g/mol. The van der Waals surface area contributed by atoms with Gasteiger partial charge in [-0.15, -0.1) is 0 Å². The van der Waals surface area contributed by atoms with Gasteiger partial charge in [-0.05, 0) is 25.3 Å². The predicted octanol–water partition coefficient (Wildman–Crippen LogP) is 8.08. The summed E-state index contributed by atoms with van der Waals surface area (Å²) in [5.74, 6) is 0.927. The minimum absolute atomic E-state index is 0.131. The normalized spacial score (nSPS) is 11.5. The van der Waals surface area contributed by atoms with Crippen LogP contribution in [0.2, 0.25) is 10.0 Å². The van der Waals surface area contributed by atoms with Gasteiger partial charge in [0.25, 0.3) is 0 Å². The van der Waals surface area contributed by atoms with Gasteiger partial charge >= 0.3 is 0 Å². The van der Waals surface area contributed by atoms with Crippen molar-refractivity contribution in [1.29, 1.82) is 0 Å². The Hall–Kier alpha value is 0.630. The molecule has 0 amide bonds. The highest BCUT2D eigenvalue weighted by molar-refractivity contribution is 9.39. The van der Waals surface area contributed by atoms with Gasteiger partial charge in [-0.1, -0.05) is 99.3 Å². The van der Waals surface area contributed by atoms with Gasteiger partial charge in [0.2, 0.25) is 0 Å². The van der Waals surface area contributed by atoms with E-state index in [0.717, 1.165) is 19.3 Å². The lowest BCUT2D eigenvalue weighted by Gasteiger charge is -2.12. The first-order chi connectivity index (χ1) is 12.7. The summed E-state index contributed by atoms with van der Waals surface area (Å²) in [5, 5.41) is 4.60. The van der Waals surface area contributed by atoms with E-state index in [1.54, 1.807) is 18.3 Å². The van der Waals surface area contributed by atoms with Gasteiger partial charge in [0.05, 0.1) is 16.7 Å². The van der Waals surface area contributed by atoms with Crippen LogP contribution in [0.1, 0.15) is 19.3 Å². The van der Waals surface area contributed by atoms with E-state index >= 15 is 0 Å². The molecule has 27 heavy (non-hydrogen) atoms. The molecule has 0 saturated heterocycles. The van der Waals surface area contributed by atoms with Crippen LogP contribution in [-0.4, -0.2) is 28.2 Å².